The van der Waals surface area contributed by atoms with Crippen LogP contribution in [0.2, 0.25) is 0 Å². The number of nitrogen functional groups attached to an aromatic ring is 1. The van der Waals surface area contributed by atoms with Gasteiger partial charge < -0.3 is 15.5 Å². The molecule has 1 amide bonds. The number of hydrogen-bond acceptors (Lipinski definition) is 5. The minimum absolute atomic E-state index is 0.0592. The number of H-pyrrole nitrogens is 1. The summed E-state index contributed by atoms with van der Waals surface area (Å²) in [5.41, 5.74) is 8.78. The fraction of sp³-hybridized carbons (Fsp3) is 0.560. The Labute approximate surface area is 195 Å². The average Bonchev–Trinajstić information content (AvgIpc) is 2.75. The molecule has 0 saturated heterocycles. The van der Waals surface area contributed by atoms with Crippen molar-refractivity contribution in [2.75, 3.05) is 35.2 Å². The second-order valence-electron chi connectivity index (χ2n) is 9.38. The van der Waals surface area contributed by atoms with Gasteiger partial charge in [0.1, 0.15) is 5.82 Å². The minimum atomic E-state index is -0.614. The summed E-state index contributed by atoms with van der Waals surface area (Å²) in [4.78, 5) is 44.8. The van der Waals surface area contributed by atoms with Gasteiger partial charge in [-0.3, -0.25) is 19.1 Å². The van der Waals surface area contributed by atoms with E-state index in [1.54, 1.807) is 0 Å². The number of anilines is 3. The summed E-state index contributed by atoms with van der Waals surface area (Å²) in [6.07, 6.45) is 4.31. The summed E-state index contributed by atoms with van der Waals surface area (Å²) in [5, 5.41) is 0. The minimum Gasteiger partial charge on any atom is -0.383 e. The number of carbonyl (C=O) groups is 1. The maximum atomic E-state index is 13.6. The number of unbranched alkanes of at least 4 members (excludes halogenated alkanes) is 1. The van der Waals surface area contributed by atoms with Crippen LogP contribution in [0, 0.1) is 12.8 Å². The summed E-state index contributed by atoms with van der Waals surface area (Å²) in [5.74, 6) is 0.205. The van der Waals surface area contributed by atoms with Crippen LogP contribution in [0.5, 0.6) is 0 Å². The van der Waals surface area contributed by atoms with Gasteiger partial charge in [0.15, 0.2) is 5.69 Å². The molecule has 0 saturated carbocycles. The molecule has 1 aromatic carbocycles. The number of aryl methyl sites for hydroxylation is 2. The average molecular weight is 456 g/mol. The van der Waals surface area contributed by atoms with Crippen LogP contribution in [0.1, 0.15) is 57.6 Å². The van der Waals surface area contributed by atoms with Gasteiger partial charge in [-0.15, -0.1) is 0 Å². The highest BCUT2D eigenvalue weighted by molar-refractivity contribution is 5.98. The number of nitrogens with two attached hydrogens (primary N) is 1. The van der Waals surface area contributed by atoms with Crippen molar-refractivity contribution >= 4 is 23.1 Å². The van der Waals surface area contributed by atoms with E-state index >= 15 is 0 Å². The van der Waals surface area contributed by atoms with Crippen LogP contribution < -0.4 is 26.8 Å². The van der Waals surface area contributed by atoms with Crippen molar-refractivity contribution in [1.29, 1.82) is 0 Å². The molecule has 8 nitrogen and oxygen atoms in total. The molecule has 180 valence electrons. The van der Waals surface area contributed by atoms with Crippen LogP contribution in [0.3, 0.4) is 0 Å². The SMILES string of the molecule is CCCCn1c(N)c(N(CCC(C)C)C(=O)CN2CCCc3cc(C)ccc32)c(=O)[nH]c1=O. The lowest BCUT2D eigenvalue weighted by molar-refractivity contribution is -0.117. The molecular weight excluding hydrogens is 418 g/mol. The molecule has 3 rings (SSSR count). The third kappa shape index (κ3) is 5.67. The van der Waals surface area contributed by atoms with Crippen LogP contribution in [-0.4, -0.2) is 35.1 Å². The molecule has 0 aliphatic carbocycles. The normalized spacial score (nSPS) is 13.3. The molecule has 3 N–H and O–H groups in total. The Morgan fingerprint density at radius 2 is 2.03 bits per heavy atom. The predicted octanol–water partition coefficient (Wildman–Crippen LogP) is 3.06. The lowest BCUT2D eigenvalue weighted by Crippen LogP contribution is -2.46. The highest BCUT2D eigenvalue weighted by Crippen LogP contribution is 2.28. The Morgan fingerprint density at radius 3 is 2.73 bits per heavy atom. The van der Waals surface area contributed by atoms with Crippen LogP contribution in [0.4, 0.5) is 17.2 Å². The van der Waals surface area contributed by atoms with Crippen molar-refractivity contribution in [2.45, 2.75) is 66.3 Å². The Morgan fingerprint density at radius 1 is 1.27 bits per heavy atom. The van der Waals surface area contributed by atoms with Gasteiger partial charge in [0, 0.05) is 25.3 Å². The van der Waals surface area contributed by atoms with Crippen LogP contribution >= 0.6 is 0 Å². The first-order chi connectivity index (χ1) is 15.7. The van der Waals surface area contributed by atoms with Crippen molar-refractivity contribution in [3.8, 4) is 0 Å². The lowest BCUT2D eigenvalue weighted by atomic mass is 9.99. The van der Waals surface area contributed by atoms with Gasteiger partial charge in [0.05, 0.1) is 6.54 Å². The topological polar surface area (TPSA) is 104 Å². The molecule has 0 radical (unpaired) electrons. The summed E-state index contributed by atoms with van der Waals surface area (Å²) in [6.45, 7) is 9.93. The first kappa shape index (κ1) is 24.6. The number of benzene rings is 1. The van der Waals surface area contributed by atoms with Gasteiger partial charge >= 0.3 is 5.69 Å². The van der Waals surface area contributed by atoms with Crippen molar-refractivity contribution in [1.82, 2.24) is 9.55 Å². The smallest absolute Gasteiger partial charge is 0.330 e. The van der Waals surface area contributed by atoms with Gasteiger partial charge in [0.25, 0.3) is 5.56 Å². The third-order valence-corrected chi connectivity index (χ3v) is 6.23. The zero-order valence-corrected chi connectivity index (χ0v) is 20.3. The molecule has 2 heterocycles. The van der Waals surface area contributed by atoms with Crippen molar-refractivity contribution in [3.05, 3.63) is 50.2 Å². The summed E-state index contributed by atoms with van der Waals surface area (Å²) in [7, 11) is 0. The number of nitrogens with one attached hydrogen (secondary N) is 1. The number of aromatic nitrogens is 2. The van der Waals surface area contributed by atoms with E-state index < -0.39 is 11.2 Å². The summed E-state index contributed by atoms with van der Waals surface area (Å²) < 4.78 is 1.37. The van der Waals surface area contributed by atoms with Gasteiger partial charge in [-0.1, -0.05) is 44.9 Å². The fourth-order valence-corrected chi connectivity index (χ4v) is 4.34. The van der Waals surface area contributed by atoms with Crippen LogP contribution in [0.15, 0.2) is 27.8 Å². The first-order valence-electron chi connectivity index (χ1n) is 12.0. The maximum absolute atomic E-state index is 13.6. The first-order valence-corrected chi connectivity index (χ1v) is 12.0. The van der Waals surface area contributed by atoms with E-state index in [-0.39, 0.29) is 24.0 Å². The van der Waals surface area contributed by atoms with E-state index in [1.165, 1.54) is 20.6 Å². The van der Waals surface area contributed by atoms with Gasteiger partial charge in [-0.2, -0.15) is 0 Å². The Balaban J connectivity index is 1.97. The molecule has 1 aromatic heterocycles. The third-order valence-electron chi connectivity index (χ3n) is 6.23. The zero-order valence-electron chi connectivity index (χ0n) is 20.3. The number of carbonyl (C=O) groups excluding carboxylic acids is 1. The number of aromatic amines is 1. The standard InChI is InChI=1S/C25H37N5O3/c1-5-6-13-30-23(26)22(24(32)27-25(30)33)29(14-11-17(2)3)21(31)16-28-12-7-8-19-15-18(4)9-10-20(19)28/h9-10,15,17H,5-8,11-14,16,26H2,1-4H3,(H,27,32,33). The maximum Gasteiger partial charge on any atom is 0.330 e. The molecular formula is C25H37N5O3. The van der Waals surface area contributed by atoms with E-state index in [4.69, 9.17) is 5.73 Å². The molecule has 0 bridgehead atoms. The highest BCUT2D eigenvalue weighted by Gasteiger charge is 2.27. The van der Waals surface area contributed by atoms with Crippen molar-refractivity contribution in [2.24, 2.45) is 5.92 Å². The Hall–Kier alpha value is -3.03. The monoisotopic (exact) mass is 455 g/mol. The van der Waals surface area contributed by atoms with E-state index in [9.17, 15) is 14.4 Å². The number of hydrogen-bond donors (Lipinski definition) is 2. The van der Waals surface area contributed by atoms with Crippen LogP contribution in [0.25, 0.3) is 0 Å². The Kier molecular flexibility index (Phi) is 8.00. The van der Waals surface area contributed by atoms with Crippen molar-refractivity contribution in [3.63, 3.8) is 0 Å². The molecule has 0 atom stereocenters. The van der Waals surface area contributed by atoms with E-state index in [0.717, 1.165) is 37.9 Å². The number of nitrogens with zero attached hydrogens (tertiary/aromatic N) is 3. The lowest BCUT2D eigenvalue weighted by Gasteiger charge is -2.33. The van der Waals surface area contributed by atoms with Crippen molar-refractivity contribution < 1.29 is 4.79 Å². The molecule has 0 fully saturated rings. The van der Waals surface area contributed by atoms with Gasteiger partial charge in [0.2, 0.25) is 5.91 Å². The number of rotatable bonds is 9. The van der Waals surface area contributed by atoms with Gasteiger partial charge in [-0.25, -0.2) is 4.79 Å². The summed E-state index contributed by atoms with van der Waals surface area (Å²) in [6, 6.07) is 6.31. The molecule has 2 aromatic rings. The van der Waals surface area contributed by atoms with Gasteiger partial charge in [-0.05, 0) is 50.2 Å². The molecule has 8 heteroatoms. The second-order valence-corrected chi connectivity index (χ2v) is 9.38. The quantitative estimate of drug-likeness (QED) is 0.605. The second kappa shape index (κ2) is 10.7. The number of amides is 1. The molecule has 1 aliphatic heterocycles. The molecule has 33 heavy (non-hydrogen) atoms. The predicted molar refractivity (Wildman–Crippen MR) is 134 cm³/mol. The van der Waals surface area contributed by atoms with Crippen LogP contribution in [-0.2, 0) is 17.8 Å². The van der Waals surface area contributed by atoms with E-state index in [1.807, 2.05) is 6.92 Å². The van der Waals surface area contributed by atoms with E-state index in [0.29, 0.717) is 25.4 Å². The summed E-state index contributed by atoms with van der Waals surface area (Å²) >= 11 is 0. The zero-order chi connectivity index (χ0) is 24.1. The largest absolute Gasteiger partial charge is 0.383 e. The molecule has 0 spiro atoms. The fourth-order valence-electron chi connectivity index (χ4n) is 4.34. The van der Waals surface area contributed by atoms with E-state index in [2.05, 4.69) is 48.9 Å². The Bertz CT molecular complexity index is 1100. The molecule has 1 aliphatic rings. The molecule has 0 unspecified atom stereocenters. The number of fused-ring (bicyclic) bond motifs is 1. The highest BCUT2D eigenvalue weighted by atomic mass is 16.2.